The van der Waals surface area contributed by atoms with Crippen LogP contribution in [0.4, 0.5) is 8.78 Å². The number of benzene rings is 1. The molecule has 0 radical (unpaired) electrons. The second kappa shape index (κ2) is 4.10. The first-order valence-electron chi connectivity index (χ1n) is 5.32. The van der Waals surface area contributed by atoms with Gasteiger partial charge in [-0.2, -0.15) is 14.9 Å². The molecule has 0 saturated heterocycles. The van der Waals surface area contributed by atoms with Crippen molar-refractivity contribution >= 4 is 16.3 Å². The van der Waals surface area contributed by atoms with E-state index in [1.54, 1.807) is 6.92 Å². The molecular weight excluding hydrogens is 270 g/mol. The summed E-state index contributed by atoms with van der Waals surface area (Å²) in [7, 11) is 0. The average Bonchev–Trinajstić information content (AvgIpc) is 2.87. The number of halogens is 2. The SMILES string of the molecule is Cc1nn2c(C#N)c(-c3cc(F)ccc3F)nc2s1. The van der Waals surface area contributed by atoms with Crippen molar-refractivity contribution < 1.29 is 8.78 Å². The summed E-state index contributed by atoms with van der Waals surface area (Å²) >= 11 is 1.28. The van der Waals surface area contributed by atoms with Gasteiger partial charge in [0.2, 0.25) is 4.96 Å². The molecule has 7 heteroatoms. The lowest BCUT2D eigenvalue weighted by Gasteiger charge is -2.00. The summed E-state index contributed by atoms with van der Waals surface area (Å²) in [4.78, 5) is 4.65. The number of rotatable bonds is 1. The van der Waals surface area contributed by atoms with Gasteiger partial charge in [-0.15, -0.1) is 0 Å². The molecule has 0 aliphatic carbocycles. The number of aryl methyl sites for hydroxylation is 1. The Hall–Kier alpha value is -2.33. The normalized spacial score (nSPS) is 10.8. The Morgan fingerprint density at radius 2 is 2.16 bits per heavy atom. The molecule has 19 heavy (non-hydrogen) atoms. The highest BCUT2D eigenvalue weighted by atomic mass is 32.1. The van der Waals surface area contributed by atoms with Gasteiger partial charge in [-0.05, 0) is 25.1 Å². The van der Waals surface area contributed by atoms with Crippen molar-refractivity contribution in [2.75, 3.05) is 0 Å². The van der Waals surface area contributed by atoms with E-state index in [1.807, 2.05) is 6.07 Å². The molecule has 94 valence electrons. The fourth-order valence-corrected chi connectivity index (χ4v) is 2.55. The molecule has 3 aromatic rings. The van der Waals surface area contributed by atoms with Gasteiger partial charge in [0.15, 0.2) is 5.69 Å². The Bertz CT molecular complexity index is 828. The molecule has 2 heterocycles. The predicted octanol–water partition coefficient (Wildman–Crippen LogP) is 2.92. The van der Waals surface area contributed by atoms with Crippen LogP contribution in [0.2, 0.25) is 0 Å². The van der Waals surface area contributed by atoms with Gasteiger partial charge in [0.25, 0.3) is 0 Å². The molecule has 0 aliphatic rings. The fourth-order valence-electron chi connectivity index (χ4n) is 1.81. The van der Waals surface area contributed by atoms with E-state index in [1.165, 1.54) is 15.9 Å². The van der Waals surface area contributed by atoms with Crippen molar-refractivity contribution in [2.24, 2.45) is 0 Å². The van der Waals surface area contributed by atoms with Crippen LogP contribution in [0, 0.1) is 29.9 Å². The van der Waals surface area contributed by atoms with Crippen molar-refractivity contribution in [1.29, 1.82) is 5.26 Å². The summed E-state index contributed by atoms with van der Waals surface area (Å²) in [6, 6.07) is 4.99. The monoisotopic (exact) mass is 276 g/mol. The minimum atomic E-state index is -0.625. The van der Waals surface area contributed by atoms with Crippen LogP contribution in [0.3, 0.4) is 0 Å². The lowest BCUT2D eigenvalue weighted by atomic mass is 10.1. The first-order chi connectivity index (χ1) is 9.10. The summed E-state index contributed by atoms with van der Waals surface area (Å²) in [6.45, 7) is 1.78. The van der Waals surface area contributed by atoms with Crippen LogP contribution in [-0.2, 0) is 0 Å². The smallest absolute Gasteiger partial charge is 0.213 e. The summed E-state index contributed by atoms with van der Waals surface area (Å²) in [5, 5.41) is 14.0. The maximum atomic E-state index is 13.7. The third-order valence-electron chi connectivity index (χ3n) is 2.59. The number of imidazole rings is 1. The number of hydrogen-bond donors (Lipinski definition) is 0. The molecule has 0 unspecified atom stereocenters. The summed E-state index contributed by atoms with van der Waals surface area (Å²) < 4.78 is 28.3. The Labute approximate surface area is 110 Å². The van der Waals surface area contributed by atoms with Gasteiger partial charge in [-0.3, -0.25) is 0 Å². The highest BCUT2D eigenvalue weighted by Crippen LogP contribution is 2.28. The second-order valence-electron chi connectivity index (χ2n) is 3.86. The molecule has 1 aromatic carbocycles. The van der Waals surface area contributed by atoms with Crippen LogP contribution >= 0.6 is 11.3 Å². The lowest BCUT2D eigenvalue weighted by Crippen LogP contribution is -1.93. The number of fused-ring (bicyclic) bond motifs is 1. The van der Waals surface area contributed by atoms with E-state index in [9.17, 15) is 14.0 Å². The third-order valence-corrected chi connectivity index (χ3v) is 3.42. The number of hydrogen-bond acceptors (Lipinski definition) is 4. The Morgan fingerprint density at radius 3 is 2.89 bits per heavy atom. The maximum Gasteiger partial charge on any atom is 0.213 e. The zero-order chi connectivity index (χ0) is 13.6. The molecule has 0 atom stereocenters. The van der Waals surface area contributed by atoms with Crippen LogP contribution in [-0.4, -0.2) is 14.6 Å². The van der Waals surface area contributed by atoms with Crippen molar-refractivity contribution in [3.05, 3.63) is 40.5 Å². The summed E-state index contributed by atoms with van der Waals surface area (Å²) in [5.74, 6) is -1.21. The van der Waals surface area contributed by atoms with Crippen LogP contribution in [0.1, 0.15) is 10.7 Å². The first-order valence-corrected chi connectivity index (χ1v) is 6.13. The van der Waals surface area contributed by atoms with Crippen LogP contribution in [0.5, 0.6) is 0 Å². The molecule has 0 N–H and O–H groups in total. The predicted molar refractivity (Wildman–Crippen MR) is 65.7 cm³/mol. The van der Waals surface area contributed by atoms with Gasteiger partial charge < -0.3 is 0 Å². The van der Waals surface area contributed by atoms with E-state index in [0.717, 1.165) is 23.2 Å². The molecule has 0 aliphatic heterocycles. The van der Waals surface area contributed by atoms with Crippen molar-refractivity contribution in [3.63, 3.8) is 0 Å². The van der Waals surface area contributed by atoms with Gasteiger partial charge in [0.1, 0.15) is 28.4 Å². The van der Waals surface area contributed by atoms with Crippen molar-refractivity contribution in [1.82, 2.24) is 14.6 Å². The maximum absolute atomic E-state index is 13.7. The van der Waals surface area contributed by atoms with E-state index < -0.39 is 11.6 Å². The van der Waals surface area contributed by atoms with Gasteiger partial charge in [0, 0.05) is 5.56 Å². The van der Waals surface area contributed by atoms with Gasteiger partial charge in [-0.1, -0.05) is 11.3 Å². The first kappa shape index (κ1) is 11.7. The van der Waals surface area contributed by atoms with Gasteiger partial charge in [0.05, 0.1) is 0 Å². The minimum Gasteiger partial charge on any atom is -0.216 e. The molecule has 3 rings (SSSR count). The van der Waals surface area contributed by atoms with Gasteiger partial charge in [-0.25, -0.2) is 13.8 Å². The second-order valence-corrected chi connectivity index (χ2v) is 5.02. The van der Waals surface area contributed by atoms with E-state index in [4.69, 9.17) is 0 Å². The number of aromatic nitrogens is 3. The van der Waals surface area contributed by atoms with E-state index >= 15 is 0 Å². The van der Waals surface area contributed by atoms with Crippen LogP contribution in [0.25, 0.3) is 16.2 Å². The lowest BCUT2D eigenvalue weighted by molar-refractivity contribution is 0.602. The Kier molecular flexibility index (Phi) is 2.54. The minimum absolute atomic E-state index is 0.0353. The molecular formula is C12H6F2N4S. The quantitative estimate of drug-likeness (QED) is 0.686. The molecule has 0 amide bonds. The molecule has 2 aromatic heterocycles. The fraction of sp³-hybridized carbons (Fsp3) is 0.0833. The van der Waals surface area contributed by atoms with E-state index in [-0.39, 0.29) is 17.0 Å². The van der Waals surface area contributed by atoms with Crippen molar-refractivity contribution in [3.8, 4) is 17.3 Å². The number of nitriles is 1. The topological polar surface area (TPSA) is 54.0 Å². The molecule has 0 bridgehead atoms. The highest BCUT2D eigenvalue weighted by Gasteiger charge is 2.19. The van der Waals surface area contributed by atoms with E-state index in [2.05, 4.69) is 10.1 Å². The van der Waals surface area contributed by atoms with Crippen molar-refractivity contribution in [2.45, 2.75) is 6.92 Å². The molecule has 4 nitrogen and oxygen atoms in total. The van der Waals surface area contributed by atoms with Crippen LogP contribution in [0.15, 0.2) is 18.2 Å². The summed E-state index contributed by atoms with van der Waals surface area (Å²) in [6.07, 6.45) is 0. The summed E-state index contributed by atoms with van der Waals surface area (Å²) in [5.41, 5.74) is 0.175. The Morgan fingerprint density at radius 1 is 1.37 bits per heavy atom. The van der Waals surface area contributed by atoms with E-state index in [0.29, 0.717) is 4.96 Å². The van der Waals surface area contributed by atoms with Gasteiger partial charge >= 0.3 is 0 Å². The highest BCUT2D eigenvalue weighted by molar-refractivity contribution is 7.16. The molecule has 0 fully saturated rings. The molecule has 0 saturated carbocycles. The average molecular weight is 276 g/mol. The third kappa shape index (κ3) is 1.77. The zero-order valence-corrected chi connectivity index (χ0v) is 10.5. The zero-order valence-electron chi connectivity index (χ0n) is 9.69. The largest absolute Gasteiger partial charge is 0.216 e. The Balaban J connectivity index is 2.33. The molecule has 0 spiro atoms. The number of nitrogens with zero attached hydrogens (tertiary/aromatic N) is 4. The van der Waals surface area contributed by atoms with Crippen LogP contribution < -0.4 is 0 Å². The standard InChI is InChI=1S/C12H6F2N4S/c1-6-17-18-10(5-15)11(16-12(18)19-6)8-4-7(13)2-3-9(8)14/h2-4H,1H3.